The van der Waals surface area contributed by atoms with Gasteiger partial charge in [-0.2, -0.15) is 0 Å². The van der Waals surface area contributed by atoms with Crippen LogP contribution in [0.2, 0.25) is 0 Å². The van der Waals surface area contributed by atoms with Crippen LogP contribution in [0.25, 0.3) is 0 Å². The van der Waals surface area contributed by atoms with E-state index in [9.17, 15) is 14.7 Å². The second kappa shape index (κ2) is 11.9. The summed E-state index contributed by atoms with van der Waals surface area (Å²) in [6.45, 7) is 1.83. The summed E-state index contributed by atoms with van der Waals surface area (Å²) < 4.78 is 21.3. The Labute approximate surface area is 244 Å². The number of carbonyl (C=O) groups excluding carboxylic acids is 2. The Morgan fingerprint density at radius 3 is 2.14 bits per heavy atom. The van der Waals surface area contributed by atoms with Crippen molar-refractivity contribution >= 4 is 17.4 Å². The number of ether oxygens (including phenoxy) is 4. The molecule has 9 heteroatoms. The lowest BCUT2D eigenvalue weighted by Crippen LogP contribution is -2.37. The fraction of sp³-hybridized carbons (Fsp3) is 0.273. The van der Waals surface area contributed by atoms with Crippen molar-refractivity contribution in [1.29, 1.82) is 0 Å². The van der Waals surface area contributed by atoms with E-state index in [4.69, 9.17) is 18.9 Å². The summed E-state index contributed by atoms with van der Waals surface area (Å²) in [5.74, 6) is 0.874. The van der Waals surface area contributed by atoms with Crippen molar-refractivity contribution in [3.8, 4) is 28.7 Å². The number of phenols is 1. The number of phenolic OH excluding ortho intramolecular Hbond substituents is 1. The molecular weight excluding hydrogens is 536 g/mol. The van der Waals surface area contributed by atoms with Crippen molar-refractivity contribution in [2.45, 2.75) is 31.6 Å². The fourth-order valence-corrected chi connectivity index (χ4v) is 5.78. The number of hydrogen-bond acceptors (Lipinski definition) is 8. The molecule has 0 spiro atoms. The van der Waals surface area contributed by atoms with Crippen LogP contribution in [-0.4, -0.2) is 45.2 Å². The number of ketones is 1. The third-order valence-corrected chi connectivity index (χ3v) is 7.84. The van der Waals surface area contributed by atoms with Gasteiger partial charge in [-0.3, -0.25) is 9.59 Å². The van der Waals surface area contributed by atoms with Crippen LogP contribution in [0, 0.1) is 0 Å². The number of allylic oxidation sites excluding steroid dienone is 3. The molecular formula is C33H34N2O7. The molecule has 5 rings (SSSR count). The van der Waals surface area contributed by atoms with Crippen LogP contribution in [0.15, 0.2) is 83.2 Å². The van der Waals surface area contributed by atoms with E-state index in [2.05, 4.69) is 10.6 Å². The first-order valence-electron chi connectivity index (χ1n) is 13.6. The minimum Gasteiger partial charge on any atom is -0.504 e. The molecule has 3 N–H and O–H groups in total. The van der Waals surface area contributed by atoms with E-state index in [-0.39, 0.29) is 29.8 Å². The topological polar surface area (TPSA) is 115 Å². The highest BCUT2D eigenvalue weighted by molar-refractivity contribution is 6.10. The third-order valence-electron chi connectivity index (χ3n) is 7.84. The van der Waals surface area contributed by atoms with E-state index in [0.717, 1.165) is 11.3 Å². The number of rotatable bonds is 8. The molecule has 0 saturated heterocycles. The van der Waals surface area contributed by atoms with E-state index >= 15 is 0 Å². The quantitative estimate of drug-likeness (QED) is 0.329. The second-order valence-electron chi connectivity index (χ2n) is 10.2. The van der Waals surface area contributed by atoms with E-state index in [0.29, 0.717) is 57.5 Å². The maximum atomic E-state index is 14.0. The highest BCUT2D eigenvalue weighted by atomic mass is 16.5. The average molecular weight is 571 g/mol. The van der Waals surface area contributed by atoms with Gasteiger partial charge in [-0.15, -0.1) is 0 Å². The van der Waals surface area contributed by atoms with E-state index in [1.807, 2.05) is 25.1 Å². The molecule has 218 valence electrons. The van der Waals surface area contributed by atoms with Gasteiger partial charge in [0.25, 0.3) is 5.91 Å². The van der Waals surface area contributed by atoms with Crippen molar-refractivity contribution in [3.05, 3.63) is 94.3 Å². The van der Waals surface area contributed by atoms with Crippen LogP contribution in [-0.2, 0) is 9.59 Å². The Hall–Kier alpha value is -4.92. The first-order chi connectivity index (χ1) is 20.3. The van der Waals surface area contributed by atoms with Gasteiger partial charge in [-0.05, 0) is 78.9 Å². The number of dihydropyridines is 1. The Balaban J connectivity index is 1.55. The molecule has 3 aromatic rings. The number of benzene rings is 3. The van der Waals surface area contributed by atoms with Gasteiger partial charge >= 0.3 is 0 Å². The summed E-state index contributed by atoms with van der Waals surface area (Å²) in [5, 5.41) is 17.0. The van der Waals surface area contributed by atoms with Crippen molar-refractivity contribution in [2.75, 3.05) is 33.8 Å². The largest absolute Gasteiger partial charge is 0.504 e. The maximum absolute atomic E-state index is 14.0. The van der Waals surface area contributed by atoms with Gasteiger partial charge in [-0.1, -0.05) is 12.1 Å². The molecule has 1 amide bonds. The van der Waals surface area contributed by atoms with Crippen LogP contribution in [0.3, 0.4) is 0 Å². The van der Waals surface area contributed by atoms with Gasteiger partial charge in [0.2, 0.25) is 0 Å². The number of methoxy groups -OCH3 is 4. The Morgan fingerprint density at radius 2 is 1.50 bits per heavy atom. The van der Waals surface area contributed by atoms with E-state index in [1.54, 1.807) is 63.8 Å². The molecule has 3 aromatic carbocycles. The Bertz CT molecular complexity index is 1590. The Morgan fingerprint density at radius 1 is 0.833 bits per heavy atom. The summed E-state index contributed by atoms with van der Waals surface area (Å²) in [6, 6.07) is 17.7. The zero-order valence-electron chi connectivity index (χ0n) is 24.2. The standard InChI is InChI=1S/C33H34N2O7/c1-18-30(33(38)35-22-8-10-23(39-2)11-9-22)31(20-7-12-27(40-3)25(36)15-20)32-24(34-18)14-21(16-26(32)37)19-6-13-28(41-4)29(17-19)42-5/h6-13,15,17,21,31,34,36H,14,16H2,1-5H3,(H,35,38)/t21-,31+/m1/s1. The summed E-state index contributed by atoms with van der Waals surface area (Å²) in [6.07, 6.45) is 0.807. The van der Waals surface area contributed by atoms with Gasteiger partial charge in [0.05, 0.1) is 28.4 Å². The minimum atomic E-state index is -0.699. The third kappa shape index (κ3) is 5.37. The van der Waals surface area contributed by atoms with Crippen LogP contribution in [0.4, 0.5) is 5.69 Å². The van der Waals surface area contributed by atoms with E-state index < -0.39 is 5.92 Å². The molecule has 0 saturated carbocycles. The summed E-state index contributed by atoms with van der Waals surface area (Å²) in [5.41, 5.74) is 4.44. The van der Waals surface area contributed by atoms with E-state index in [1.165, 1.54) is 7.11 Å². The molecule has 1 aliphatic heterocycles. The normalized spacial score (nSPS) is 18.2. The summed E-state index contributed by atoms with van der Waals surface area (Å²) >= 11 is 0. The zero-order chi connectivity index (χ0) is 30.0. The molecule has 0 aromatic heterocycles. The second-order valence-corrected chi connectivity index (χ2v) is 10.2. The van der Waals surface area contributed by atoms with Gasteiger partial charge in [0.1, 0.15) is 5.75 Å². The summed E-state index contributed by atoms with van der Waals surface area (Å²) in [4.78, 5) is 27.8. The number of aromatic hydroxyl groups is 1. The van der Waals surface area contributed by atoms with Gasteiger partial charge in [0.15, 0.2) is 28.8 Å². The van der Waals surface area contributed by atoms with Crippen LogP contribution < -0.4 is 29.6 Å². The SMILES string of the molecule is COc1ccc(NC(=O)C2=C(C)NC3=C(C(=O)C[C@H](c4ccc(OC)c(OC)c4)C3)[C@H]2c2ccc(OC)c(O)c2)cc1. The number of amides is 1. The molecule has 0 unspecified atom stereocenters. The molecule has 1 aliphatic carbocycles. The van der Waals surface area contributed by atoms with Crippen molar-refractivity contribution in [2.24, 2.45) is 0 Å². The molecule has 2 atom stereocenters. The lowest BCUT2D eigenvalue weighted by Gasteiger charge is -2.37. The predicted molar refractivity (Wildman–Crippen MR) is 158 cm³/mol. The first-order valence-corrected chi connectivity index (χ1v) is 13.6. The molecule has 2 aliphatic rings. The smallest absolute Gasteiger partial charge is 0.254 e. The number of anilines is 1. The summed E-state index contributed by atoms with van der Waals surface area (Å²) in [7, 11) is 6.21. The molecule has 42 heavy (non-hydrogen) atoms. The number of Topliss-reactive ketones (excluding diaryl/α,β-unsaturated/α-hetero) is 1. The predicted octanol–water partition coefficient (Wildman–Crippen LogP) is 5.43. The number of carbonyl (C=O) groups is 2. The average Bonchev–Trinajstić information content (AvgIpc) is 3.00. The molecule has 0 radical (unpaired) electrons. The maximum Gasteiger partial charge on any atom is 0.254 e. The van der Waals surface area contributed by atoms with Gasteiger partial charge < -0.3 is 34.7 Å². The monoisotopic (exact) mass is 570 g/mol. The number of hydrogen-bond donors (Lipinski definition) is 3. The molecule has 0 fully saturated rings. The highest BCUT2D eigenvalue weighted by Gasteiger charge is 2.41. The van der Waals surface area contributed by atoms with Crippen LogP contribution in [0.1, 0.15) is 42.7 Å². The fourth-order valence-electron chi connectivity index (χ4n) is 5.78. The van der Waals surface area contributed by atoms with Crippen molar-refractivity contribution in [1.82, 2.24) is 5.32 Å². The van der Waals surface area contributed by atoms with Crippen LogP contribution in [0.5, 0.6) is 28.7 Å². The minimum absolute atomic E-state index is 0.0743. The van der Waals surface area contributed by atoms with Gasteiger partial charge in [-0.25, -0.2) is 0 Å². The van der Waals surface area contributed by atoms with Crippen molar-refractivity contribution in [3.63, 3.8) is 0 Å². The molecule has 9 nitrogen and oxygen atoms in total. The van der Waals surface area contributed by atoms with Crippen LogP contribution >= 0.6 is 0 Å². The molecule has 1 heterocycles. The Kier molecular flexibility index (Phi) is 8.10. The van der Waals surface area contributed by atoms with Gasteiger partial charge in [0, 0.05) is 40.6 Å². The molecule has 0 bridgehead atoms. The van der Waals surface area contributed by atoms with Crippen molar-refractivity contribution < 1.29 is 33.6 Å². The lowest BCUT2D eigenvalue weighted by molar-refractivity contribution is -0.116. The zero-order valence-corrected chi connectivity index (χ0v) is 24.2. The highest BCUT2D eigenvalue weighted by Crippen LogP contribution is 2.47. The first kappa shape index (κ1) is 28.6. The lowest BCUT2D eigenvalue weighted by atomic mass is 9.71. The number of nitrogens with one attached hydrogen (secondary N) is 2.